The summed E-state index contributed by atoms with van der Waals surface area (Å²) in [4.78, 5) is 19.2. The second-order valence-corrected chi connectivity index (χ2v) is 8.42. The molecule has 5 rings (SSSR count). The third-order valence-electron chi connectivity index (χ3n) is 5.40. The Balaban J connectivity index is 1.30. The molecule has 32 heavy (non-hydrogen) atoms. The predicted octanol–water partition coefficient (Wildman–Crippen LogP) is 5.24. The number of pyridine rings is 3. The molecule has 0 unspecified atom stereocenters. The van der Waals surface area contributed by atoms with Crippen molar-refractivity contribution in [2.75, 3.05) is 18.0 Å². The highest BCUT2D eigenvalue weighted by Crippen LogP contribution is 2.32. The number of nitrogens with zero attached hydrogens (tertiary/aromatic N) is 6. The van der Waals surface area contributed by atoms with Crippen molar-refractivity contribution in [2.45, 2.75) is 24.9 Å². The molecule has 0 N–H and O–H groups in total. The highest BCUT2D eigenvalue weighted by atomic mass is 79.9. The standard InChI is InChI=1S/C21H16BrF3N6O/c22-14-10-13-4-5-17(28-18(13)26-11-14)31-8-6-12(7-9-31)15-2-1-3-16(27-15)19-29-20(32-30-19)21(23,24)25/h1-5,10-12H,6-9H2. The molecule has 0 spiro atoms. The average molecular weight is 505 g/mol. The molecular formula is C21H16BrF3N6O. The fraction of sp³-hybridized carbons (Fsp3) is 0.286. The molecule has 1 aliphatic heterocycles. The number of halogens is 4. The maximum Gasteiger partial charge on any atom is 0.471 e. The van der Waals surface area contributed by atoms with E-state index in [4.69, 9.17) is 0 Å². The summed E-state index contributed by atoms with van der Waals surface area (Å²) in [6.07, 6.45) is -1.28. The number of aromatic nitrogens is 5. The van der Waals surface area contributed by atoms with Crippen LogP contribution in [0.5, 0.6) is 0 Å². The fourth-order valence-corrected chi connectivity index (χ4v) is 4.15. The van der Waals surface area contributed by atoms with E-state index in [9.17, 15) is 13.2 Å². The number of alkyl halides is 3. The number of hydrogen-bond donors (Lipinski definition) is 0. The van der Waals surface area contributed by atoms with Gasteiger partial charge in [-0.05, 0) is 59.1 Å². The van der Waals surface area contributed by atoms with Gasteiger partial charge in [0.2, 0.25) is 5.82 Å². The van der Waals surface area contributed by atoms with E-state index in [-0.39, 0.29) is 17.4 Å². The molecule has 0 amide bonds. The van der Waals surface area contributed by atoms with Gasteiger partial charge in [0.05, 0.1) is 0 Å². The van der Waals surface area contributed by atoms with Gasteiger partial charge in [0.15, 0.2) is 5.65 Å². The summed E-state index contributed by atoms with van der Waals surface area (Å²) in [5, 5.41) is 4.39. The molecule has 164 valence electrons. The Bertz CT molecular complexity index is 1270. The average Bonchev–Trinajstić information content (AvgIpc) is 3.30. The zero-order valence-corrected chi connectivity index (χ0v) is 18.1. The normalized spacial score (nSPS) is 15.4. The Labute approximate surface area is 188 Å². The zero-order valence-electron chi connectivity index (χ0n) is 16.6. The molecule has 0 atom stereocenters. The zero-order chi connectivity index (χ0) is 22.3. The first kappa shape index (κ1) is 20.8. The van der Waals surface area contributed by atoms with Crippen LogP contribution < -0.4 is 4.90 Å². The monoisotopic (exact) mass is 504 g/mol. The van der Waals surface area contributed by atoms with Gasteiger partial charge in [0.25, 0.3) is 0 Å². The van der Waals surface area contributed by atoms with Crippen molar-refractivity contribution < 1.29 is 17.7 Å². The van der Waals surface area contributed by atoms with E-state index >= 15 is 0 Å². The molecule has 4 aromatic heterocycles. The minimum absolute atomic E-state index is 0.170. The van der Waals surface area contributed by atoms with Crippen molar-refractivity contribution in [3.63, 3.8) is 0 Å². The number of rotatable bonds is 3. The number of hydrogen-bond acceptors (Lipinski definition) is 7. The third-order valence-corrected chi connectivity index (χ3v) is 5.83. The van der Waals surface area contributed by atoms with Gasteiger partial charge in [-0.1, -0.05) is 11.2 Å². The molecule has 7 nitrogen and oxygen atoms in total. The number of piperidine rings is 1. The van der Waals surface area contributed by atoms with Gasteiger partial charge in [-0.25, -0.2) is 15.0 Å². The molecule has 0 radical (unpaired) electrons. The van der Waals surface area contributed by atoms with Crippen molar-refractivity contribution in [2.24, 2.45) is 0 Å². The van der Waals surface area contributed by atoms with Crippen molar-refractivity contribution >= 4 is 32.8 Å². The van der Waals surface area contributed by atoms with E-state index in [0.29, 0.717) is 5.65 Å². The summed E-state index contributed by atoms with van der Waals surface area (Å²) in [6, 6.07) is 11.2. The van der Waals surface area contributed by atoms with E-state index in [2.05, 4.69) is 50.4 Å². The fourth-order valence-electron chi connectivity index (χ4n) is 3.80. The van der Waals surface area contributed by atoms with Crippen LogP contribution in [0.25, 0.3) is 22.6 Å². The second-order valence-electron chi connectivity index (χ2n) is 7.50. The first-order valence-corrected chi connectivity index (χ1v) is 10.7. The van der Waals surface area contributed by atoms with Gasteiger partial charge >= 0.3 is 12.1 Å². The molecule has 5 heterocycles. The molecule has 0 saturated carbocycles. The summed E-state index contributed by atoms with van der Waals surface area (Å²) in [6.45, 7) is 1.57. The Hall–Kier alpha value is -3.08. The van der Waals surface area contributed by atoms with Gasteiger partial charge in [-0.3, -0.25) is 0 Å². The Morgan fingerprint density at radius 1 is 1.03 bits per heavy atom. The lowest BCUT2D eigenvalue weighted by molar-refractivity contribution is -0.159. The van der Waals surface area contributed by atoms with E-state index in [1.54, 1.807) is 18.3 Å². The van der Waals surface area contributed by atoms with Crippen LogP contribution in [0.4, 0.5) is 19.0 Å². The van der Waals surface area contributed by atoms with Crippen LogP contribution in [0.1, 0.15) is 30.3 Å². The smallest absolute Gasteiger partial charge is 0.357 e. The molecule has 1 aliphatic rings. The van der Waals surface area contributed by atoms with E-state index in [0.717, 1.165) is 47.3 Å². The van der Waals surface area contributed by atoms with Gasteiger partial charge in [0, 0.05) is 40.8 Å². The minimum atomic E-state index is -4.68. The molecule has 0 aromatic carbocycles. The topological polar surface area (TPSA) is 80.8 Å². The maximum atomic E-state index is 12.7. The largest absolute Gasteiger partial charge is 0.471 e. The molecular weight excluding hydrogens is 489 g/mol. The second kappa shape index (κ2) is 8.12. The molecule has 1 saturated heterocycles. The van der Waals surface area contributed by atoms with E-state index < -0.39 is 12.1 Å². The Kier molecular flexibility index (Phi) is 5.28. The lowest BCUT2D eigenvalue weighted by Crippen LogP contribution is -2.33. The number of fused-ring (bicyclic) bond motifs is 1. The Morgan fingerprint density at radius 3 is 2.59 bits per heavy atom. The Morgan fingerprint density at radius 2 is 1.84 bits per heavy atom. The van der Waals surface area contributed by atoms with Crippen molar-refractivity contribution in [3.8, 4) is 11.5 Å². The van der Waals surface area contributed by atoms with Gasteiger partial charge in [-0.2, -0.15) is 18.2 Å². The summed E-state index contributed by atoms with van der Waals surface area (Å²) in [7, 11) is 0. The predicted molar refractivity (Wildman–Crippen MR) is 114 cm³/mol. The summed E-state index contributed by atoms with van der Waals surface area (Å²) in [5.41, 5.74) is 1.76. The summed E-state index contributed by atoms with van der Waals surface area (Å²) in [5.74, 6) is -0.498. The van der Waals surface area contributed by atoms with Crippen molar-refractivity contribution in [1.29, 1.82) is 0 Å². The van der Waals surface area contributed by atoms with Crippen LogP contribution in [0, 0.1) is 0 Å². The van der Waals surface area contributed by atoms with Crippen LogP contribution in [0.15, 0.2) is 51.6 Å². The van der Waals surface area contributed by atoms with Crippen LogP contribution in [0.3, 0.4) is 0 Å². The van der Waals surface area contributed by atoms with Crippen molar-refractivity contribution in [3.05, 3.63) is 58.7 Å². The lowest BCUT2D eigenvalue weighted by Gasteiger charge is -2.32. The van der Waals surface area contributed by atoms with E-state index in [1.807, 2.05) is 24.3 Å². The quantitative estimate of drug-likeness (QED) is 0.377. The first-order valence-electron chi connectivity index (χ1n) is 9.92. The highest BCUT2D eigenvalue weighted by Gasteiger charge is 2.38. The lowest BCUT2D eigenvalue weighted by atomic mass is 9.93. The van der Waals surface area contributed by atoms with Crippen LogP contribution in [-0.2, 0) is 6.18 Å². The highest BCUT2D eigenvalue weighted by molar-refractivity contribution is 9.10. The molecule has 0 aliphatic carbocycles. The SMILES string of the molecule is FC(F)(F)c1nc(-c2cccc(C3CCN(c4ccc5cc(Br)cnc5n4)CC3)n2)no1. The first-order chi connectivity index (χ1) is 15.4. The van der Waals surface area contributed by atoms with Crippen LogP contribution in [0.2, 0.25) is 0 Å². The van der Waals surface area contributed by atoms with Crippen molar-refractivity contribution in [1.82, 2.24) is 25.1 Å². The minimum Gasteiger partial charge on any atom is -0.357 e. The van der Waals surface area contributed by atoms with Gasteiger partial charge in [-0.15, -0.1) is 0 Å². The maximum absolute atomic E-state index is 12.7. The summed E-state index contributed by atoms with van der Waals surface area (Å²) >= 11 is 3.42. The molecule has 0 bridgehead atoms. The number of anilines is 1. The van der Waals surface area contributed by atoms with Crippen LogP contribution in [-0.4, -0.2) is 38.2 Å². The van der Waals surface area contributed by atoms with Gasteiger partial charge < -0.3 is 9.42 Å². The van der Waals surface area contributed by atoms with E-state index in [1.165, 1.54) is 0 Å². The third kappa shape index (κ3) is 4.16. The summed E-state index contributed by atoms with van der Waals surface area (Å²) < 4.78 is 43.4. The molecule has 11 heteroatoms. The van der Waals surface area contributed by atoms with Gasteiger partial charge in [0.1, 0.15) is 11.5 Å². The van der Waals surface area contributed by atoms with Crippen LogP contribution >= 0.6 is 15.9 Å². The molecule has 4 aromatic rings. The molecule has 1 fully saturated rings.